The molecule has 0 aliphatic rings. The first-order valence-corrected chi connectivity index (χ1v) is 8.70. The number of aromatic nitrogens is 4. The first-order valence-electron chi connectivity index (χ1n) is 8.32. The Labute approximate surface area is 163 Å². The minimum atomic E-state index is -0.650. The maximum atomic E-state index is 12.5. The Morgan fingerprint density at radius 2 is 2.04 bits per heavy atom. The van der Waals surface area contributed by atoms with E-state index >= 15 is 0 Å². The van der Waals surface area contributed by atoms with Crippen molar-refractivity contribution >= 4 is 17.5 Å². The summed E-state index contributed by atoms with van der Waals surface area (Å²) in [6.07, 6.45) is 3.52. The molecule has 0 fully saturated rings. The average molecular weight is 396 g/mol. The largest absolute Gasteiger partial charge is 0.439 e. The predicted octanol–water partition coefficient (Wildman–Crippen LogP) is 2.80. The number of carbonyl (C=O) groups is 1. The van der Waals surface area contributed by atoms with Crippen molar-refractivity contribution in [2.24, 2.45) is 0 Å². The van der Waals surface area contributed by atoms with Gasteiger partial charge in [0.15, 0.2) is 5.82 Å². The summed E-state index contributed by atoms with van der Waals surface area (Å²) in [6.45, 7) is 0.317. The maximum Gasteiger partial charge on any atom is 0.439 e. The quantitative estimate of drug-likeness (QED) is 0.540. The van der Waals surface area contributed by atoms with Crippen molar-refractivity contribution < 1.29 is 9.32 Å². The monoisotopic (exact) mass is 395 g/mol. The summed E-state index contributed by atoms with van der Waals surface area (Å²) in [6, 6.07) is 14.0. The molecule has 0 radical (unpaired) electrons. The van der Waals surface area contributed by atoms with Gasteiger partial charge in [-0.1, -0.05) is 28.9 Å². The fraction of sp³-hybridized carbons (Fsp3) is 0.0526. The van der Waals surface area contributed by atoms with Gasteiger partial charge < -0.3 is 5.32 Å². The van der Waals surface area contributed by atoms with Gasteiger partial charge in [-0.05, 0) is 36.4 Å². The third-order valence-corrected chi connectivity index (χ3v) is 4.27. The molecule has 4 aromatic rings. The van der Waals surface area contributed by atoms with Gasteiger partial charge in [0.25, 0.3) is 5.91 Å². The van der Waals surface area contributed by atoms with Gasteiger partial charge in [-0.25, -0.2) is 9.48 Å². The summed E-state index contributed by atoms with van der Waals surface area (Å²) in [4.78, 5) is 26.0. The highest BCUT2D eigenvalue weighted by atomic mass is 35.5. The van der Waals surface area contributed by atoms with Gasteiger partial charge >= 0.3 is 5.76 Å². The summed E-state index contributed by atoms with van der Waals surface area (Å²) < 4.78 is 6.20. The van der Waals surface area contributed by atoms with Crippen LogP contribution in [0.2, 0.25) is 5.02 Å². The molecule has 0 aliphatic heterocycles. The Kier molecular flexibility index (Phi) is 4.77. The van der Waals surface area contributed by atoms with Crippen LogP contribution in [0.25, 0.3) is 17.1 Å². The molecule has 0 saturated heterocycles. The normalized spacial score (nSPS) is 10.8. The van der Waals surface area contributed by atoms with Crippen molar-refractivity contribution in [3.8, 4) is 17.1 Å². The molecule has 8 nitrogen and oxygen atoms in total. The number of rotatable bonds is 5. The molecule has 0 aliphatic carbocycles. The lowest BCUT2D eigenvalue weighted by Gasteiger charge is -2.05. The van der Waals surface area contributed by atoms with Crippen molar-refractivity contribution in [1.29, 1.82) is 0 Å². The molecule has 0 atom stereocenters. The molecular formula is C19H14ClN5O3. The van der Waals surface area contributed by atoms with Crippen LogP contribution >= 0.6 is 11.6 Å². The van der Waals surface area contributed by atoms with Crippen LogP contribution in [0, 0.1) is 0 Å². The molecule has 0 bridgehead atoms. The second-order valence-corrected chi connectivity index (χ2v) is 6.41. The second-order valence-electron chi connectivity index (χ2n) is 5.98. The van der Waals surface area contributed by atoms with Crippen molar-refractivity contribution in [2.75, 3.05) is 0 Å². The Bertz CT molecular complexity index is 1180. The highest BCUT2D eigenvalue weighted by Crippen LogP contribution is 2.16. The second kappa shape index (κ2) is 7.53. The van der Waals surface area contributed by atoms with Crippen LogP contribution in [0.15, 0.2) is 70.2 Å². The lowest BCUT2D eigenvalue weighted by molar-refractivity contribution is 0.0951. The Balaban J connectivity index is 1.43. The maximum absolute atomic E-state index is 12.5. The number of benzene rings is 2. The number of nitrogens with one attached hydrogen (secondary N) is 2. The Morgan fingerprint density at radius 3 is 2.79 bits per heavy atom. The van der Waals surface area contributed by atoms with Crippen LogP contribution in [0.4, 0.5) is 0 Å². The van der Waals surface area contributed by atoms with Gasteiger partial charge in [-0.2, -0.15) is 5.10 Å². The Morgan fingerprint density at radius 1 is 1.21 bits per heavy atom. The highest BCUT2D eigenvalue weighted by Gasteiger charge is 2.10. The third kappa shape index (κ3) is 3.86. The summed E-state index contributed by atoms with van der Waals surface area (Å²) >= 11 is 5.89. The number of nitrogens with zero attached hydrogens (tertiary/aromatic N) is 3. The van der Waals surface area contributed by atoms with E-state index in [-0.39, 0.29) is 11.7 Å². The summed E-state index contributed by atoms with van der Waals surface area (Å²) in [5.41, 5.74) is 2.73. The van der Waals surface area contributed by atoms with E-state index in [4.69, 9.17) is 11.6 Å². The molecule has 140 valence electrons. The van der Waals surface area contributed by atoms with Gasteiger partial charge in [0.1, 0.15) is 0 Å². The third-order valence-electron chi connectivity index (χ3n) is 4.02. The Hall–Kier alpha value is -3.65. The standard InChI is InChI=1S/C19H14ClN5O3/c20-15-4-6-16(7-5-15)25-11-12(10-22-25)9-21-18(26)14-3-1-2-13(8-14)17-23-19(27)28-24-17/h1-8,10-11H,9H2,(H,21,26)(H,23,24,27). The molecule has 0 unspecified atom stereocenters. The number of H-pyrrole nitrogens is 1. The van der Waals surface area contributed by atoms with Gasteiger partial charge in [0, 0.05) is 34.5 Å². The molecule has 0 spiro atoms. The van der Waals surface area contributed by atoms with E-state index in [0.717, 1.165) is 11.3 Å². The van der Waals surface area contributed by atoms with Crippen LogP contribution in [-0.2, 0) is 6.54 Å². The summed E-state index contributed by atoms with van der Waals surface area (Å²) in [7, 11) is 0. The number of carbonyl (C=O) groups excluding carboxylic acids is 1. The fourth-order valence-corrected chi connectivity index (χ4v) is 2.76. The van der Waals surface area contributed by atoms with Gasteiger partial charge in [-0.15, -0.1) is 0 Å². The zero-order valence-electron chi connectivity index (χ0n) is 14.4. The predicted molar refractivity (Wildman–Crippen MR) is 102 cm³/mol. The summed E-state index contributed by atoms with van der Waals surface area (Å²) in [5.74, 6) is -0.640. The van der Waals surface area contributed by atoms with E-state index in [1.165, 1.54) is 0 Å². The molecule has 2 heterocycles. The van der Waals surface area contributed by atoms with Crippen LogP contribution in [0.3, 0.4) is 0 Å². The first kappa shape index (κ1) is 17.7. The van der Waals surface area contributed by atoms with E-state index in [1.807, 2.05) is 18.3 Å². The first-order chi connectivity index (χ1) is 13.6. The minimum Gasteiger partial charge on any atom is -0.348 e. The van der Waals surface area contributed by atoms with Crippen molar-refractivity contribution in [2.45, 2.75) is 6.54 Å². The van der Waals surface area contributed by atoms with Crippen molar-refractivity contribution in [3.63, 3.8) is 0 Å². The van der Waals surface area contributed by atoms with E-state index in [0.29, 0.717) is 22.7 Å². The van der Waals surface area contributed by atoms with E-state index in [1.54, 1.807) is 47.3 Å². The van der Waals surface area contributed by atoms with Crippen LogP contribution in [0.5, 0.6) is 0 Å². The molecule has 28 heavy (non-hydrogen) atoms. The average Bonchev–Trinajstić information content (AvgIpc) is 3.36. The highest BCUT2D eigenvalue weighted by molar-refractivity contribution is 6.30. The fourth-order valence-electron chi connectivity index (χ4n) is 2.63. The number of halogens is 1. The number of hydrogen-bond donors (Lipinski definition) is 2. The number of hydrogen-bond acceptors (Lipinski definition) is 5. The lowest BCUT2D eigenvalue weighted by atomic mass is 10.1. The zero-order valence-corrected chi connectivity index (χ0v) is 15.2. The topological polar surface area (TPSA) is 106 Å². The van der Waals surface area contributed by atoms with Crippen molar-refractivity contribution in [1.82, 2.24) is 25.2 Å². The molecule has 2 N–H and O–H groups in total. The van der Waals surface area contributed by atoms with Gasteiger partial charge in [-0.3, -0.25) is 14.3 Å². The van der Waals surface area contributed by atoms with E-state index < -0.39 is 5.76 Å². The summed E-state index contributed by atoms with van der Waals surface area (Å²) in [5, 5.41) is 11.4. The SMILES string of the molecule is O=C(NCc1cnn(-c2ccc(Cl)cc2)c1)c1cccc(-c2noc(=O)[nH]2)c1. The lowest BCUT2D eigenvalue weighted by Crippen LogP contribution is -2.22. The molecule has 9 heteroatoms. The van der Waals surface area contributed by atoms with Crippen LogP contribution in [0.1, 0.15) is 15.9 Å². The molecule has 4 rings (SSSR count). The molecule has 2 aromatic carbocycles. The van der Waals surface area contributed by atoms with Crippen molar-refractivity contribution in [3.05, 3.63) is 87.6 Å². The molecule has 2 aromatic heterocycles. The molecule has 0 saturated carbocycles. The molecule has 1 amide bonds. The number of aromatic amines is 1. The van der Waals surface area contributed by atoms with E-state index in [2.05, 4.69) is 25.1 Å². The minimum absolute atomic E-state index is 0.257. The van der Waals surface area contributed by atoms with Gasteiger partial charge in [0.2, 0.25) is 0 Å². The zero-order chi connectivity index (χ0) is 19.5. The molecular weight excluding hydrogens is 382 g/mol. The van der Waals surface area contributed by atoms with Gasteiger partial charge in [0.05, 0.1) is 11.9 Å². The van der Waals surface area contributed by atoms with Crippen LogP contribution < -0.4 is 11.1 Å². The van der Waals surface area contributed by atoms with Crippen LogP contribution in [-0.4, -0.2) is 25.8 Å². The smallest absolute Gasteiger partial charge is 0.348 e. The van der Waals surface area contributed by atoms with E-state index in [9.17, 15) is 9.59 Å². The number of amides is 1.